The lowest BCUT2D eigenvalue weighted by Gasteiger charge is -2.14. The Bertz CT molecular complexity index is 720. The van der Waals surface area contributed by atoms with Crippen LogP contribution in [0.4, 0.5) is 0 Å². The molecule has 1 amide bonds. The summed E-state index contributed by atoms with van der Waals surface area (Å²) >= 11 is 9.86. The molecule has 0 aliphatic rings. The minimum atomic E-state index is -0.828. The van der Waals surface area contributed by atoms with E-state index < -0.39 is 17.9 Å². The Balaban J connectivity index is 1.91. The molecule has 1 heterocycles. The number of benzene rings is 1. The highest BCUT2D eigenvalue weighted by Gasteiger charge is 2.22. The molecule has 2 aromatic rings. The number of esters is 1. The summed E-state index contributed by atoms with van der Waals surface area (Å²) in [5, 5.41) is 7.27. The molecule has 134 valence electrons. The number of hydrogen-bond acceptors (Lipinski definition) is 6. The van der Waals surface area contributed by atoms with Gasteiger partial charge in [0, 0.05) is 17.0 Å². The zero-order valence-corrected chi connectivity index (χ0v) is 15.2. The maximum absolute atomic E-state index is 12.2. The van der Waals surface area contributed by atoms with Gasteiger partial charge in [0.2, 0.25) is 0 Å². The van der Waals surface area contributed by atoms with Crippen LogP contribution in [0.2, 0.25) is 5.02 Å². The van der Waals surface area contributed by atoms with Crippen molar-refractivity contribution in [2.75, 3.05) is 12.4 Å². The number of thiol groups is 1. The van der Waals surface area contributed by atoms with Gasteiger partial charge in [-0.2, -0.15) is 17.7 Å². The first kappa shape index (κ1) is 19.1. The van der Waals surface area contributed by atoms with Gasteiger partial charge in [-0.25, -0.2) is 9.48 Å². The summed E-state index contributed by atoms with van der Waals surface area (Å²) in [7, 11) is 0. The molecule has 0 saturated carbocycles. The van der Waals surface area contributed by atoms with Crippen LogP contribution in [0.25, 0.3) is 0 Å². The van der Waals surface area contributed by atoms with E-state index >= 15 is 0 Å². The smallest absolute Gasteiger partial charge is 0.329 e. The van der Waals surface area contributed by atoms with E-state index in [1.165, 1.54) is 10.7 Å². The van der Waals surface area contributed by atoms with Crippen molar-refractivity contribution in [3.05, 3.63) is 47.2 Å². The largest absolute Gasteiger partial charge is 0.471 e. The molecule has 25 heavy (non-hydrogen) atoms. The first-order valence-corrected chi connectivity index (χ1v) is 8.54. The van der Waals surface area contributed by atoms with E-state index in [1.54, 1.807) is 37.4 Å². The molecule has 7 nitrogen and oxygen atoms in total. The average molecular weight is 384 g/mol. The third kappa shape index (κ3) is 5.68. The summed E-state index contributed by atoms with van der Waals surface area (Å²) in [5.74, 6) is -0.262. The van der Waals surface area contributed by atoms with Crippen LogP contribution in [-0.4, -0.2) is 40.1 Å². The predicted octanol–water partition coefficient (Wildman–Crippen LogP) is 2.16. The fourth-order valence-corrected chi connectivity index (χ4v) is 2.25. The van der Waals surface area contributed by atoms with Crippen molar-refractivity contribution < 1.29 is 19.1 Å². The molecule has 0 fully saturated rings. The normalized spacial score (nSPS) is 11.6. The highest BCUT2D eigenvalue weighted by atomic mass is 35.5. The third-order valence-electron chi connectivity index (χ3n) is 3.11. The quantitative estimate of drug-likeness (QED) is 0.539. The predicted molar refractivity (Wildman–Crippen MR) is 96.0 cm³/mol. The van der Waals surface area contributed by atoms with Crippen LogP contribution < -0.4 is 10.1 Å². The van der Waals surface area contributed by atoms with Gasteiger partial charge in [0.05, 0.1) is 6.61 Å². The van der Waals surface area contributed by atoms with E-state index in [9.17, 15) is 9.59 Å². The molecule has 1 atom stereocenters. The van der Waals surface area contributed by atoms with E-state index in [1.807, 2.05) is 0 Å². The second-order valence-electron chi connectivity index (χ2n) is 4.93. The fourth-order valence-electron chi connectivity index (χ4n) is 1.88. The zero-order valence-electron chi connectivity index (χ0n) is 13.5. The Hall–Kier alpha value is -2.19. The highest BCUT2D eigenvalue weighted by Crippen LogP contribution is 2.15. The van der Waals surface area contributed by atoms with E-state index in [2.05, 4.69) is 23.0 Å². The molecule has 0 aliphatic heterocycles. The number of amides is 1. The number of aromatic nitrogens is 2. The molecule has 0 bridgehead atoms. The molecule has 1 aromatic heterocycles. The van der Waals surface area contributed by atoms with Gasteiger partial charge in [-0.3, -0.25) is 4.79 Å². The number of carbonyl (C=O) groups excluding carboxylic acids is 2. The van der Waals surface area contributed by atoms with Gasteiger partial charge in [-0.15, -0.1) is 0 Å². The van der Waals surface area contributed by atoms with Crippen LogP contribution in [0.3, 0.4) is 0 Å². The average Bonchev–Trinajstić information content (AvgIpc) is 3.08. The molecule has 0 spiro atoms. The lowest BCUT2D eigenvalue weighted by atomic mass is 10.3. The summed E-state index contributed by atoms with van der Waals surface area (Å²) in [5.41, 5.74) is 0.163. The van der Waals surface area contributed by atoms with E-state index in [4.69, 9.17) is 21.1 Å². The van der Waals surface area contributed by atoms with E-state index in [0.717, 1.165) is 0 Å². The second-order valence-corrected chi connectivity index (χ2v) is 5.73. The van der Waals surface area contributed by atoms with Gasteiger partial charge in [0.1, 0.15) is 17.5 Å². The van der Waals surface area contributed by atoms with Gasteiger partial charge in [0.15, 0.2) is 6.73 Å². The van der Waals surface area contributed by atoms with E-state index in [-0.39, 0.29) is 24.8 Å². The van der Waals surface area contributed by atoms with Gasteiger partial charge < -0.3 is 14.8 Å². The topological polar surface area (TPSA) is 82.5 Å². The van der Waals surface area contributed by atoms with Crippen molar-refractivity contribution >= 4 is 36.1 Å². The summed E-state index contributed by atoms with van der Waals surface area (Å²) in [4.78, 5) is 23.9. The first-order chi connectivity index (χ1) is 12.0. The minimum absolute atomic E-state index is 0.128. The van der Waals surface area contributed by atoms with Gasteiger partial charge >= 0.3 is 5.97 Å². The van der Waals surface area contributed by atoms with Gasteiger partial charge in [0.25, 0.3) is 5.91 Å². The maximum atomic E-state index is 12.2. The Morgan fingerprint density at radius 1 is 1.32 bits per heavy atom. The van der Waals surface area contributed by atoms with Crippen molar-refractivity contribution in [3.63, 3.8) is 0 Å². The number of ether oxygens (including phenoxy) is 2. The van der Waals surface area contributed by atoms with Crippen LogP contribution in [0, 0.1) is 0 Å². The summed E-state index contributed by atoms with van der Waals surface area (Å²) in [6.07, 6.45) is 1.60. The molecule has 0 saturated heterocycles. The Morgan fingerprint density at radius 2 is 2.04 bits per heavy atom. The van der Waals surface area contributed by atoms with E-state index in [0.29, 0.717) is 10.8 Å². The van der Waals surface area contributed by atoms with Crippen LogP contribution in [0.5, 0.6) is 5.75 Å². The third-order valence-corrected chi connectivity index (χ3v) is 3.73. The standard InChI is InChI=1S/C16H18ClN3O4S/c1-2-23-16(22)14(9-25)18-15(21)13-7-8-20(19-13)10-24-12-5-3-11(17)4-6-12/h3-8,14,25H,2,9-10H2,1H3,(H,18,21)/t14-/m0/s1. The molecular formula is C16H18ClN3O4S. The summed E-state index contributed by atoms with van der Waals surface area (Å²) < 4.78 is 11.9. The second kappa shape index (κ2) is 9.33. The molecule has 1 N–H and O–H groups in total. The molecule has 1 aromatic carbocycles. The molecule has 9 heteroatoms. The molecular weight excluding hydrogens is 366 g/mol. The van der Waals surface area contributed by atoms with Crippen LogP contribution >= 0.6 is 24.2 Å². The van der Waals surface area contributed by atoms with Crippen molar-refractivity contribution in [3.8, 4) is 5.75 Å². The Labute approximate surface area is 155 Å². The minimum Gasteiger partial charge on any atom is -0.471 e. The number of carbonyl (C=O) groups is 2. The van der Waals surface area contributed by atoms with Crippen LogP contribution in [0.15, 0.2) is 36.5 Å². The highest BCUT2D eigenvalue weighted by molar-refractivity contribution is 7.80. The van der Waals surface area contributed by atoms with Gasteiger partial charge in [-0.05, 0) is 37.3 Å². The SMILES string of the molecule is CCOC(=O)[C@H](CS)NC(=O)c1ccn(COc2ccc(Cl)cc2)n1. The molecule has 0 aliphatic carbocycles. The lowest BCUT2D eigenvalue weighted by molar-refractivity contribution is -0.144. The first-order valence-electron chi connectivity index (χ1n) is 7.53. The molecule has 0 radical (unpaired) electrons. The lowest BCUT2D eigenvalue weighted by Crippen LogP contribution is -2.43. The van der Waals surface area contributed by atoms with Crippen molar-refractivity contribution in [1.82, 2.24) is 15.1 Å². The van der Waals surface area contributed by atoms with Crippen molar-refractivity contribution in [2.24, 2.45) is 0 Å². The number of rotatable bonds is 8. The molecule has 2 rings (SSSR count). The zero-order chi connectivity index (χ0) is 18.2. The summed E-state index contributed by atoms with van der Waals surface area (Å²) in [6.45, 7) is 2.05. The number of halogens is 1. The Kier molecular flexibility index (Phi) is 7.15. The van der Waals surface area contributed by atoms with Crippen LogP contribution in [0.1, 0.15) is 17.4 Å². The van der Waals surface area contributed by atoms with Gasteiger partial charge in [-0.1, -0.05) is 11.6 Å². The maximum Gasteiger partial charge on any atom is 0.329 e. The Morgan fingerprint density at radius 3 is 2.68 bits per heavy atom. The summed E-state index contributed by atoms with van der Waals surface area (Å²) in [6, 6.07) is 7.59. The fraction of sp³-hybridized carbons (Fsp3) is 0.312. The van der Waals surface area contributed by atoms with Crippen LogP contribution in [-0.2, 0) is 16.3 Å². The monoisotopic (exact) mass is 383 g/mol. The van der Waals surface area contributed by atoms with Crippen molar-refractivity contribution in [2.45, 2.75) is 19.7 Å². The molecule has 0 unspecified atom stereocenters. The number of nitrogens with zero attached hydrogens (tertiary/aromatic N) is 2. The van der Waals surface area contributed by atoms with Crippen molar-refractivity contribution in [1.29, 1.82) is 0 Å². The number of hydrogen-bond donors (Lipinski definition) is 2. The number of nitrogens with one attached hydrogen (secondary N) is 1.